The molecule has 0 saturated carbocycles. The third-order valence-electron chi connectivity index (χ3n) is 4.57. The van der Waals surface area contributed by atoms with Gasteiger partial charge in [0.25, 0.3) is 5.91 Å². The monoisotopic (exact) mass is 391 g/mol. The molecule has 29 heavy (non-hydrogen) atoms. The van der Waals surface area contributed by atoms with E-state index >= 15 is 0 Å². The molecule has 2 N–H and O–H groups in total. The number of nitrogens with zero attached hydrogens (tertiary/aromatic N) is 1. The molecule has 2 aromatic carbocycles. The first-order chi connectivity index (χ1) is 14.2. The van der Waals surface area contributed by atoms with Crippen LogP contribution in [0.5, 0.6) is 23.0 Å². The summed E-state index contributed by atoms with van der Waals surface area (Å²) in [6.45, 7) is 1.04. The van der Waals surface area contributed by atoms with Crippen LogP contribution in [0.3, 0.4) is 0 Å². The Labute approximate surface area is 166 Å². The second kappa shape index (κ2) is 7.23. The lowest BCUT2D eigenvalue weighted by Crippen LogP contribution is -2.13. The molecular formula is C21H17N3O5. The molecule has 1 aromatic heterocycles. The number of benzene rings is 2. The van der Waals surface area contributed by atoms with E-state index < -0.39 is 0 Å². The van der Waals surface area contributed by atoms with Crippen LogP contribution in [-0.4, -0.2) is 24.5 Å². The summed E-state index contributed by atoms with van der Waals surface area (Å²) in [6.07, 6.45) is 1.67. The van der Waals surface area contributed by atoms with Crippen LogP contribution in [0.15, 0.2) is 54.7 Å². The number of rotatable bonds is 5. The zero-order valence-corrected chi connectivity index (χ0v) is 15.3. The number of carbonyl (C=O) groups is 1. The average molecular weight is 391 g/mol. The summed E-state index contributed by atoms with van der Waals surface area (Å²) >= 11 is 0. The van der Waals surface area contributed by atoms with Crippen LogP contribution in [0.1, 0.15) is 15.9 Å². The van der Waals surface area contributed by atoms with Gasteiger partial charge in [-0.05, 0) is 48.0 Å². The van der Waals surface area contributed by atoms with Gasteiger partial charge in [0.1, 0.15) is 5.82 Å². The number of amides is 1. The number of fused-ring (bicyclic) bond motifs is 2. The van der Waals surface area contributed by atoms with Gasteiger partial charge in [-0.15, -0.1) is 0 Å². The van der Waals surface area contributed by atoms with Crippen LogP contribution in [0.2, 0.25) is 0 Å². The molecule has 8 heteroatoms. The predicted molar refractivity (Wildman–Crippen MR) is 105 cm³/mol. The van der Waals surface area contributed by atoms with E-state index in [1.165, 1.54) is 0 Å². The zero-order valence-electron chi connectivity index (χ0n) is 15.3. The zero-order chi connectivity index (χ0) is 19.6. The Kier molecular flexibility index (Phi) is 4.28. The molecule has 2 aliphatic heterocycles. The van der Waals surface area contributed by atoms with E-state index in [1.807, 2.05) is 24.3 Å². The van der Waals surface area contributed by atoms with Crippen molar-refractivity contribution < 1.29 is 23.7 Å². The van der Waals surface area contributed by atoms with Crippen molar-refractivity contribution in [3.05, 3.63) is 65.9 Å². The van der Waals surface area contributed by atoms with E-state index in [4.69, 9.17) is 18.9 Å². The van der Waals surface area contributed by atoms with Crippen LogP contribution in [0.4, 0.5) is 11.5 Å². The van der Waals surface area contributed by atoms with Gasteiger partial charge in [-0.2, -0.15) is 0 Å². The number of carbonyl (C=O) groups excluding carboxylic acids is 1. The van der Waals surface area contributed by atoms with Gasteiger partial charge in [0, 0.05) is 12.1 Å². The fourth-order valence-corrected chi connectivity index (χ4v) is 3.05. The summed E-state index contributed by atoms with van der Waals surface area (Å²) in [4.78, 5) is 16.7. The Balaban J connectivity index is 1.19. The molecule has 0 spiro atoms. The Morgan fingerprint density at radius 1 is 0.862 bits per heavy atom. The van der Waals surface area contributed by atoms with E-state index in [2.05, 4.69) is 15.6 Å². The lowest BCUT2D eigenvalue weighted by atomic mass is 10.2. The quantitative estimate of drug-likeness (QED) is 0.689. The highest BCUT2D eigenvalue weighted by Crippen LogP contribution is 2.33. The first kappa shape index (κ1) is 17.2. The minimum Gasteiger partial charge on any atom is -0.454 e. The van der Waals surface area contributed by atoms with Gasteiger partial charge in [-0.25, -0.2) is 4.98 Å². The number of aromatic nitrogens is 1. The van der Waals surface area contributed by atoms with Gasteiger partial charge < -0.3 is 29.6 Å². The highest BCUT2D eigenvalue weighted by Gasteiger charge is 2.16. The number of nitrogens with one attached hydrogen (secondary N) is 2. The maximum Gasteiger partial charge on any atom is 0.256 e. The number of pyridine rings is 1. The summed E-state index contributed by atoms with van der Waals surface area (Å²) in [6, 6.07) is 14.5. The molecule has 3 aromatic rings. The minimum absolute atomic E-state index is 0.169. The third-order valence-corrected chi connectivity index (χ3v) is 4.57. The molecule has 1 amide bonds. The van der Waals surface area contributed by atoms with E-state index in [0.29, 0.717) is 29.4 Å². The lowest BCUT2D eigenvalue weighted by Gasteiger charge is -2.09. The predicted octanol–water partition coefficient (Wildman–Crippen LogP) is 3.40. The summed E-state index contributed by atoms with van der Waals surface area (Å²) < 4.78 is 21.3. The van der Waals surface area contributed by atoms with E-state index in [0.717, 1.165) is 22.7 Å². The van der Waals surface area contributed by atoms with Crippen LogP contribution in [0, 0.1) is 0 Å². The van der Waals surface area contributed by atoms with E-state index in [1.54, 1.807) is 30.5 Å². The van der Waals surface area contributed by atoms with Crippen molar-refractivity contribution in [2.45, 2.75) is 6.54 Å². The molecule has 0 saturated heterocycles. The Bertz CT molecular complexity index is 1070. The normalized spacial score (nSPS) is 13.2. The molecule has 0 unspecified atom stereocenters. The fourth-order valence-electron chi connectivity index (χ4n) is 3.05. The number of ether oxygens (including phenoxy) is 4. The van der Waals surface area contributed by atoms with E-state index in [-0.39, 0.29) is 19.5 Å². The first-order valence-electron chi connectivity index (χ1n) is 9.04. The highest BCUT2D eigenvalue weighted by molar-refractivity contribution is 6.04. The van der Waals surface area contributed by atoms with Crippen molar-refractivity contribution in [3.63, 3.8) is 0 Å². The molecule has 2 aliphatic rings. The molecule has 0 radical (unpaired) electrons. The summed E-state index contributed by atoms with van der Waals surface area (Å²) in [5, 5.41) is 6.06. The van der Waals surface area contributed by atoms with Crippen LogP contribution >= 0.6 is 0 Å². The van der Waals surface area contributed by atoms with E-state index in [9.17, 15) is 4.79 Å². The Morgan fingerprint density at radius 3 is 2.34 bits per heavy atom. The Hall–Kier alpha value is -3.94. The van der Waals surface area contributed by atoms with Crippen molar-refractivity contribution in [2.75, 3.05) is 24.2 Å². The van der Waals surface area contributed by atoms with Crippen molar-refractivity contribution in [3.8, 4) is 23.0 Å². The molecule has 0 fully saturated rings. The van der Waals surface area contributed by atoms with Crippen LogP contribution in [-0.2, 0) is 6.54 Å². The first-order valence-corrected chi connectivity index (χ1v) is 9.04. The van der Waals surface area contributed by atoms with Crippen molar-refractivity contribution >= 4 is 17.4 Å². The fraction of sp³-hybridized carbons (Fsp3) is 0.143. The molecular weight excluding hydrogens is 374 g/mol. The van der Waals surface area contributed by atoms with Crippen LogP contribution < -0.4 is 29.6 Å². The standard InChI is InChI=1S/C21H17N3O5/c25-21(14-2-5-17-19(8-14)29-12-27-17)24-20-6-3-15(10-23-20)22-9-13-1-4-16-18(7-13)28-11-26-16/h1-8,10,22H,9,11-12H2,(H,23,24,25). The smallest absolute Gasteiger partial charge is 0.256 e. The number of hydrogen-bond acceptors (Lipinski definition) is 7. The maximum atomic E-state index is 12.4. The molecule has 8 nitrogen and oxygen atoms in total. The summed E-state index contributed by atoms with van der Waals surface area (Å²) in [7, 11) is 0. The molecule has 5 rings (SSSR count). The largest absolute Gasteiger partial charge is 0.454 e. The molecule has 3 heterocycles. The van der Waals surface area contributed by atoms with Gasteiger partial charge in [0.2, 0.25) is 13.6 Å². The van der Waals surface area contributed by atoms with Crippen LogP contribution in [0.25, 0.3) is 0 Å². The summed E-state index contributed by atoms with van der Waals surface area (Å²) in [5.74, 6) is 2.91. The molecule has 0 bridgehead atoms. The molecule has 0 aliphatic carbocycles. The van der Waals surface area contributed by atoms with Crippen molar-refractivity contribution in [1.82, 2.24) is 4.98 Å². The number of hydrogen-bond donors (Lipinski definition) is 2. The van der Waals surface area contributed by atoms with Gasteiger partial charge >= 0.3 is 0 Å². The van der Waals surface area contributed by atoms with Gasteiger partial charge in [0.15, 0.2) is 23.0 Å². The highest BCUT2D eigenvalue weighted by atomic mass is 16.7. The van der Waals surface area contributed by atoms with Crippen molar-refractivity contribution in [2.24, 2.45) is 0 Å². The minimum atomic E-state index is -0.267. The van der Waals surface area contributed by atoms with Gasteiger partial charge in [-0.1, -0.05) is 6.07 Å². The maximum absolute atomic E-state index is 12.4. The lowest BCUT2D eigenvalue weighted by molar-refractivity contribution is 0.102. The van der Waals surface area contributed by atoms with Gasteiger partial charge in [0.05, 0.1) is 11.9 Å². The second-order valence-electron chi connectivity index (χ2n) is 6.50. The Morgan fingerprint density at radius 2 is 1.59 bits per heavy atom. The topological polar surface area (TPSA) is 90.9 Å². The SMILES string of the molecule is O=C(Nc1ccc(NCc2ccc3c(c2)OCO3)cn1)c1ccc2c(c1)OCO2. The number of anilines is 2. The molecule has 0 atom stereocenters. The molecule has 146 valence electrons. The second-order valence-corrected chi connectivity index (χ2v) is 6.50. The summed E-state index contributed by atoms with van der Waals surface area (Å²) in [5.41, 5.74) is 2.37. The average Bonchev–Trinajstić information content (AvgIpc) is 3.41. The van der Waals surface area contributed by atoms with Gasteiger partial charge in [-0.3, -0.25) is 4.79 Å². The third kappa shape index (κ3) is 3.60. The van der Waals surface area contributed by atoms with Crippen molar-refractivity contribution in [1.29, 1.82) is 0 Å².